The Morgan fingerprint density at radius 1 is 1.15 bits per heavy atom. The molecule has 3 nitrogen and oxygen atoms in total. The molecule has 0 heterocycles. The van der Waals surface area contributed by atoms with E-state index in [1.54, 1.807) is 18.2 Å². The minimum atomic E-state index is -0.642. The van der Waals surface area contributed by atoms with Crippen molar-refractivity contribution in [2.24, 2.45) is 0 Å². The van der Waals surface area contributed by atoms with Crippen LogP contribution in [0.5, 0.6) is 0 Å². The monoisotopic (exact) mass is 368 g/mol. The highest BCUT2D eigenvalue weighted by Gasteiger charge is 2.07. The quantitative estimate of drug-likeness (QED) is 0.335. The van der Waals surface area contributed by atoms with Crippen LogP contribution in [-0.2, 0) is 4.74 Å². The molecule has 1 aromatic rings. The molecule has 27 heavy (non-hydrogen) atoms. The van der Waals surface area contributed by atoms with Gasteiger partial charge in [0.05, 0.1) is 12.2 Å². The molecular weight excluding hydrogens is 336 g/mol. The third-order valence-electron chi connectivity index (χ3n) is 4.17. The van der Waals surface area contributed by atoms with Gasteiger partial charge in [-0.25, -0.2) is 4.79 Å². The molecule has 0 radical (unpaired) electrons. The van der Waals surface area contributed by atoms with Crippen LogP contribution in [0.3, 0.4) is 0 Å². The van der Waals surface area contributed by atoms with Gasteiger partial charge in [0.2, 0.25) is 0 Å². The number of rotatable bonds is 11. The SMILES string of the molecule is CC#CCCCCCC(O)C#Cc1cccc(C(=O)OCCCCCC)c1. The number of carbonyl (C=O) groups is 1. The van der Waals surface area contributed by atoms with Crippen molar-refractivity contribution < 1.29 is 14.6 Å². The first-order chi connectivity index (χ1) is 13.2. The van der Waals surface area contributed by atoms with Crippen LogP contribution in [0.15, 0.2) is 24.3 Å². The predicted octanol–water partition coefficient (Wildman–Crippen LogP) is 5.11. The summed E-state index contributed by atoms with van der Waals surface area (Å²) < 4.78 is 5.30. The van der Waals surface area contributed by atoms with Crippen LogP contribution < -0.4 is 0 Å². The number of hydrogen-bond acceptors (Lipinski definition) is 3. The zero-order chi connectivity index (χ0) is 19.7. The van der Waals surface area contributed by atoms with E-state index in [0.29, 0.717) is 24.2 Å². The molecule has 0 aliphatic carbocycles. The molecule has 1 N–H and O–H groups in total. The maximum absolute atomic E-state index is 12.1. The van der Waals surface area contributed by atoms with Gasteiger partial charge in [0.15, 0.2) is 0 Å². The molecule has 0 saturated heterocycles. The van der Waals surface area contributed by atoms with Crippen molar-refractivity contribution >= 4 is 5.97 Å². The summed E-state index contributed by atoms with van der Waals surface area (Å²) in [5.41, 5.74) is 1.22. The molecule has 0 amide bonds. The Hall–Kier alpha value is -2.23. The molecule has 1 rings (SSSR count). The highest BCUT2D eigenvalue weighted by atomic mass is 16.5. The van der Waals surface area contributed by atoms with Crippen molar-refractivity contribution in [2.75, 3.05) is 6.61 Å². The van der Waals surface area contributed by atoms with E-state index in [9.17, 15) is 9.90 Å². The average Bonchev–Trinajstić information content (AvgIpc) is 2.69. The van der Waals surface area contributed by atoms with Crippen LogP contribution in [-0.4, -0.2) is 23.8 Å². The molecule has 0 bridgehead atoms. The number of ether oxygens (including phenoxy) is 1. The van der Waals surface area contributed by atoms with E-state index in [2.05, 4.69) is 30.6 Å². The Kier molecular flexibility index (Phi) is 12.6. The lowest BCUT2D eigenvalue weighted by molar-refractivity contribution is 0.0497. The standard InChI is InChI=1S/C24H32O3/c1-3-5-7-9-10-11-16-23(25)18-17-21-14-13-15-22(20-21)24(26)27-19-12-8-6-4-2/h13-15,20,23,25H,4,6-12,16,19H2,1-2H3. The second-order valence-corrected chi connectivity index (χ2v) is 6.59. The lowest BCUT2D eigenvalue weighted by atomic mass is 10.1. The fraction of sp³-hybridized carbons (Fsp3) is 0.542. The fourth-order valence-corrected chi connectivity index (χ4v) is 2.59. The third kappa shape index (κ3) is 11.2. The number of benzene rings is 1. The summed E-state index contributed by atoms with van der Waals surface area (Å²) in [5, 5.41) is 9.99. The number of carbonyl (C=O) groups excluding carboxylic acids is 1. The lowest BCUT2D eigenvalue weighted by Crippen LogP contribution is -2.06. The van der Waals surface area contributed by atoms with E-state index >= 15 is 0 Å². The lowest BCUT2D eigenvalue weighted by Gasteiger charge is -2.05. The zero-order valence-corrected chi connectivity index (χ0v) is 16.7. The largest absolute Gasteiger partial charge is 0.462 e. The molecule has 0 aliphatic heterocycles. The molecular formula is C24H32O3. The van der Waals surface area contributed by atoms with Gasteiger partial charge >= 0.3 is 5.97 Å². The molecule has 0 spiro atoms. The van der Waals surface area contributed by atoms with Crippen molar-refractivity contribution in [1.29, 1.82) is 0 Å². The molecule has 0 aromatic heterocycles. The van der Waals surface area contributed by atoms with E-state index in [0.717, 1.165) is 51.4 Å². The predicted molar refractivity (Wildman–Crippen MR) is 110 cm³/mol. The van der Waals surface area contributed by atoms with Crippen molar-refractivity contribution in [2.45, 2.75) is 77.7 Å². The summed E-state index contributed by atoms with van der Waals surface area (Å²) in [5.74, 6) is 11.4. The summed E-state index contributed by atoms with van der Waals surface area (Å²) in [6, 6.07) is 7.08. The topological polar surface area (TPSA) is 46.5 Å². The van der Waals surface area contributed by atoms with Gasteiger partial charge in [-0.15, -0.1) is 11.8 Å². The first-order valence-corrected chi connectivity index (χ1v) is 10.0. The van der Waals surface area contributed by atoms with Crippen LogP contribution in [0, 0.1) is 23.7 Å². The van der Waals surface area contributed by atoms with Gasteiger partial charge in [0, 0.05) is 12.0 Å². The molecule has 0 aliphatic rings. The summed E-state index contributed by atoms with van der Waals surface area (Å²) in [4.78, 5) is 12.1. The van der Waals surface area contributed by atoms with E-state index in [-0.39, 0.29) is 5.97 Å². The van der Waals surface area contributed by atoms with Gasteiger partial charge in [-0.2, -0.15) is 0 Å². The highest BCUT2D eigenvalue weighted by Crippen LogP contribution is 2.09. The molecule has 1 aromatic carbocycles. The van der Waals surface area contributed by atoms with Crippen LogP contribution in [0.4, 0.5) is 0 Å². The van der Waals surface area contributed by atoms with Gasteiger partial charge in [-0.1, -0.05) is 50.5 Å². The van der Waals surface area contributed by atoms with Gasteiger partial charge in [0.1, 0.15) is 6.10 Å². The summed E-state index contributed by atoms with van der Waals surface area (Å²) in [6.07, 6.45) is 8.28. The van der Waals surface area contributed by atoms with Crippen molar-refractivity contribution in [1.82, 2.24) is 0 Å². The fourth-order valence-electron chi connectivity index (χ4n) is 2.59. The van der Waals surface area contributed by atoms with Gasteiger partial charge < -0.3 is 9.84 Å². The minimum Gasteiger partial charge on any atom is -0.462 e. The zero-order valence-electron chi connectivity index (χ0n) is 16.7. The van der Waals surface area contributed by atoms with E-state index in [1.165, 1.54) is 0 Å². The normalized spacial score (nSPS) is 10.9. The number of aliphatic hydroxyl groups is 1. The van der Waals surface area contributed by atoms with Crippen LogP contribution in [0.1, 0.15) is 87.6 Å². The van der Waals surface area contributed by atoms with Gasteiger partial charge in [-0.3, -0.25) is 0 Å². The molecule has 1 atom stereocenters. The van der Waals surface area contributed by atoms with Gasteiger partial charge in [-0.05, 0) is 50.8 Å². The molecule has 0 saturated carbocycles. The maximum Gasteiger partial charge on any atom is 0.338 e. The second-order valence-electron chi connectivity index (χ2n) is 6.59. The van der Waals surface area contributed by atoms with E-state index in [1.807, 2.05) is 13.0 Å². The Labute approximate surface area is 164 Å². The number of hydrogen-bond donors (Lipinski definition) is 1. The third-order valence-corrected chi connectivity index (χ3v) is 4.17. The molecule has 3 heteroatoms. The molecule has 146 valence electrons. The van der Waals surface area contributed by atoms with Crippen molar-refractivity contribution in [3.05, 3.63) is 35.4 Å². The van der Waals surface area contributed by atoms with Crippen LogP contribution in [0.2, 0.25) is 0 Å². The smallest absolute Gasteiger partial charge is 0.338 e. The second kappa shape index (κ2) is 14.9. The summed E-state index contributed by atoms with van der Waals surface area (Å²) in [6.45, 7) is 4.46. The molecule has 1 unspecified atom stereocenters. The van der Waals surface area contributed by atoms with E-state index in [4.69, 9.17) is 4.74 Å². The van der Waals surface area contributed by atoms with Crippen molar-refractivity contribution in [3.63, 3.8) is 0 Å². The Balaban J connectivity index is 2.41. The Morgan fingerprint density at radius 3 is 2.74 bits per heavy atom. The van der Waals surface area contributed by atoms with Gasteiger partial charge in [0.25, 0.3) is 0 Å². The average molecular weight is 369 g/mol. The van der Waals surface area contributed by atoms with Crippen molar-refractivity contribution in [3.8, 4) is 23.7 Å². The first-order valence-electron chi connectivity index (χ1n) is 10.0. The number of esters is 1. The van der Waals surface area contributed by atoms with Crippen LogP contribution >= 0.6 is 0 Å². The maximum atomic E-state index is 12.1. The summed E-state index contributed by atoms with van der Waals surface area (Å²) >= 11 is 0. The molecule has 0 fully saturated rings. The summed E-state index contributed by atoms with van der Waals surface area (Å²) in [7, 11) is 0. The van der Waals surface area contributed by atoms with E-state index < -0.39 is 6.10 Å². The highest BCUT2D eigenvalue weighted by molar-refractivity contribution is 5.89. The van der Waals surface area contributed by atoms with Crippen LogP contribution in [0.25, 0.3) is 0 Å². The Bertz CT molecular complexity index is 670. The first kappa shape index (κ1) is 22.8. The Morgan fingerprint density at radius 2 is 1.96 bits per heavy atom. The number of unbranched alkanes of at least 4 members (excludes halogenated alkanes) is 6. The minimum absolute atomic E-state index is 0.314. The number of aliphatic hydroxyl groups excluding tert-OH is 1.